The summed E-state index contributed by atoms with van der Waals surface area (Å²) < 4.78 is 0. The lowest BCUT2D eigenvalue weighted by Gasteiger charge is -2.28. The predicted molar refractivity (Wildman–Crippen MR) is 45.6 cm³/mol. The number of hydrogen-bond donors (Lipinski definition) is 0. The summed E-state index contributed by atoms with van der Waals surface area (Å²) >= 11 is 0. The second-order valence-corrected chi connectivity index (χ2v) is 3.03. The highest BCUT2D eigenvalue weighted by Crippen LogP contribution is 2.09. The van der Waals surface area contributed by atoms with E-state index < -0.39 is 0 Å². The third kappa shape index (κ3) is 2.62. The van der Waals surface area contributed by atoms with E-state index in [0.717, 1.165) is 0 Å². The molecular formula is C7H15N3. The van der Waals surface area contributed by atoms with E-state index in [0.29, 0.717) is 0 Å². The van der Waals surface area contributed by atoms with E-state index in [4.69, 9.17) is 0 Å². The Labute approximate surface area is 62.4 Å². The van der Waals surface area contributed by atoms with Crippen molar-refractivity contribution >= 4 is 13.1 Å². The minimum Gasteiger partial charge on any atom is -0.277 e. The normalized spacial score (nSPS) is 12.0. The molecule has 0 rings (SSSR count). The van der Waals surface area contributed by atoms with Crippen LogP contribution in [0.2, 0.25) is 0 Å². The summed E-state index contributed by atoms with van der Waals surface area (Å²) in [6.07, 6.45) is 1.66. The molecule has 0 aromatic heterocycles. The van der Waals surface area contributed by atoms with Gasteiger partial charge in [-0.3, -0.25) is 10.0 Å². The zero-order valence-electron chi connectivity index (χ0n) is 7.13. The zero-order chi connectivity index (χ0) is 8.20. The quantitative estimate of drug-likeness (QED) is 0.324. The predicted octanol–water partition coefficient (Wildman–Crippen LogP) is 1.36. The molecule has 0 heterocycles. The van der Waals surface area contributed by atoms with Crippen LogP contribution in [0.4, 0.5) is 0 Å². The number of rotatable bonds is 2. The van der Waals surface area contributed by atoms with Gasteiger partial charge in [0, 0.05) is 13.8 Å². The Kier molecular flexibility index (Phi) is 3.06. The summed E-state index contributed by atoms with van der Waals surface area (Å²) in [7, 11) is 1.71. The molecule has 0 radical (unpaired) electrons. The van der Waals surface area contributed by atoms with Crippen molar-refractivity contribution in [3.8, 4) is 0 Å². The zero-order valence-corrected chi connectivity index (χ0v) is 7.13. The van der Waals surface area contributed by atoms with Crippen molar-refractivity contribution in [3.63, 3.8) is 0 Å². The molecule has 0 atom stereocenters. The summed E-state index contributed by atoms with van der Waals surface area (Å²) in [6, 6.07) is 0. The van der Waals surface area contributed by atoms with E-state index in [2.05, 4.69) is 16.8 Å². The molecule has 58 valence electrons. The Morgan fingerprint density at radius 2 is 1.90 bits per heavy atom. The lowest BCUT2D eigenvalue weighted by molar-refractivity contribution is 0.257. The minimum atomic E-state index is -0.0265. The lowest BCUT2D eigenvalue weighted by Crippen LogP contribution is -2.35. The van der Waals surface area contributed by atoms with Crippen molar-refractivity contribution in [2.24, 2.45) is 10.1 Å². The van der Waals surface area contributed by atoms with E-state index >= 15 is 0 Å². The van der Waals surface area contributed by atoms with E-state index in [1.54, 1.807) is 18.4 Å². The van der Waals surface area contributed by atoms with Gasteiger partial charge in [0.2, 0.25) is 0 Å². The Hall–Kier alpha value is -0.860. The topological polar surface area (TPSA) is 28.0 Å². The number of hydrazone groups is 1. The maximum absolute atomic E-state index is 3.84. The first-order valence-electron chi connectivity index (χ1n) is 3.20. The molecule has 10 heavy (non-hydrogen) atoms. The van der Waals surface area contributed by atoms with Gasteiger partial charge in [0.15, 0.2) is 0 Å². The number of nitrogens with zero attached hydrogens (tertiary/aromatic N) is 3. The summed E-state index contributed by atoms with van der Waals surface area (Å²) in [5.41, 5.74) is -0.0265. The Bertz CT molecular complexity index is 132. The fourth-order valence-corrected chi connectivity index (χ4v) is 0.531. The maximum atomic E-state index is 3.84. The molecule has 0 amide bonds. The largest absolute Gasteiger partial charge is 0.277 e. The van der Waals surface area contributed by atoms with Crippen LogP contribution in [0.5, 0.6) is 0 Å². The summed E-state index contributed by atoms with van der Waals surface area (Å²) in [6.45, 7) is 9.57. The average molecular weight is 141 g/mol. The fraction of sp³-hybridized carbons (Fsp3) is 0.714. The first-order chi connectivity index (χ1) is 4.52. The molecule has 0 aromatic rings. The van der Waals surface area contributed by atoms with E-state index in [1.807, 2.05) is 20.8 Å². The van der Waals surface area contributed by atoms with Gasteiger partial charge in [-0.25, -0.2) is 0 Å². The molecule has 0 saturated heterocycles. The molecule has 0 bridgehead atoms. The van der Waals surface area contributed by atoms with E-state index in [-0.39, 0.29) is 5.54 Å². The number of hydrogen-bond acceptors (Lipinski definition) is 2. The van der Waals surface area contributed by atoms with Gasteiger partial charge in [0.25, 0.3) is 0 Å². The van der Waals surface area contributed by atoms with E-state index in [1.165, 1.54) is 0 Å². The van der Waals surface area contributed by atoms with Crippen LogP contribution in [0.3, 0.4) is 0 Å². The van der Waals surface area contributed by atoms with Gasteiger partial charge in [0.1, 0.15) is 6.34 Å². The smallest absolute Gasteiger partial charge is 0.106 e. The van der Waals surface area contributed by atoms with Gasteiger partial charge in [0.05, 0.1) is 5.54 Å². The van der Waals surface area contributed by atoms with Crippen LogP contribution in [-0.4, -0.2) is 30.7 Å². The molecule has 0 aliphatic carbocycles. The molecule has 3 nitrogen and oxygen atoms in total. The average Bonchev–Trinajstić information content (AvgIpc) is 1.80. The fourth-order valence-electron chi connectivity index (χ4n) is 0.531. The first kappa shape index (κ1) is 9.14. The second-order valence-electron chi connectivity index (χ2n) is 3.03. The molecule has 0 fully saturated rings. The molecule has 0 unspecified atom stereocenters. The standard InChI is InChI=1S/C7H15N3/c1-7(2,3)10(9-5)6-8-4/h6H,5H2,1-4H3/b8-6-. The van der Waals surface area contributed by atoms with Crippen LogP contribution >= 0.6 is 0 Å². The molecule has 3 heteroatoms. The van der Waals surface area contributed by atoms with Crippen LogP contribution in [0.15, 0.2) is 10.1 Å². The van der Waals surface area contributed by atoms with E-state index in [9.17, 15) is 0 Å². The van der Waals surface area contributed by atoms with Crippen molar-refractivity contribution in [2.45, 2.75) is 26.3 Å². The summed E-state index contributed by atoms with van der Waals surface area (Å²) in [4.78, 5) is 3.84. The third-order valence-corrected chi connectivity index (χ3v) is 1.06. The van der Waals surface area contributed by atoms with Gasteiger partial charge >= 0.3 is 0 Å². The summed E-state index contributed by atoms with van der Waals surface area (Å²) in [5, 5.41) is 5.50. The second kappa shape index (κ2) is 3.34. The van der Waals surface area contributed by atoms with Crippen LogP contribution in [0.1, 0.15) is 20.8 Å². The van der Waals surface area contributed by atoms with Crippen LogP contribution in [0.25, 0.3) is 0 Å². The van der Waals surface area contributed by atoms with Crippen molar-refractivity contribution in [2.75, 3.05) is 7.05 Å². The Morgan fingerprint density at radius 1 is 1.40 bits per heavy atom. The van der Waals surface area contributed by atoms with Gasteiger partial charge < -0.3 is 0 Å². The highest BCUT2D eigenvalue weighted by atomic mass is 15.5. The first-order valence-corrected chi connectivity index (χ1v) is 3.20. The Morgan fingerprint density at radius 3 is 2.00 bits per heavy atom. The lowest BCUT2D eigenvalue weighted by atomic mass is 10.1. The van der Waals surface area contributed by atoms with Crippen molar-refractivity contribution < 1.29 is 0 Å². The molecule has 0 aliphatic heterocycles. The monoisotopic (exact) mass is 141 g/mol. The highest BCUT2D eigenvalue weighted by Gasteiger charge is 2.16. The highest BCUT2D eigenvalue weighted by molar-refractivity contribution is 5.56. The third-order valence-electron chi connectivity index (χ3n) is 1.06. The molecule has 0 aromatic carbocycles. The van der Waals surface area contributed by atoms with Crippen LogP contribution < -0.4 is 0 Å². The SMILES string of the molecule is C=NN(/C=N\C)C(C)(C)C. The molecule has 0 N–H and O–H groups in total. The van der Waals surface area contributed by atoms with Gasteiger partial charge in [-0.2, -0.15) is 5.10 Å². The van der Waals surface area contributed by atoms with Gasteiger partial charge in [-0.05, 0) is 20.8 Å². The van der Waals surface area contributed by atoms with Gasteiger partial charge in [-0.15, -0.1) is 0 Å². The van der Waals surface area contributed by atoms with Crippen molar-refractivity contribution in [3.05, 3.63) is 0 Å². The number of aliphatic imine (C=N–C) groups is 1. The molecule has 0 saturated carbocycles. The minimum absolute atomic E-state index is 0.0265. The molecular weight excluding hydrogens is 126 g/mol. The summed E-state index contributed by atoms with van der Waals surface area (Å²) in [5.74, 6) is 0. The van der Waals surface area contributed by atoms with Crippen LogP contribution in [0, 0.1) is 0 Å². The van der Waals surface area contributed by atoms with Crippen LogP contribution in [-0.2, 0) is 0 Å². The Balaban J connectivity index is 4.21. The molecule has 0 spiro atoms. The molecule has 0 aliphatic rings. The van der Waals surface area contributed by atoms with Crippen molar-refractivity contribution in [1.82, 2.24) is 5.01 Å². The maximum Gasteiger partial charge on any atom is 0.106 e. The van der Waals surface area contributed by atoms with Crippen molar-refractivity contribution in [1.29, 1.82) is 0 Å². The van der Waals surface area contributed by atoms with Gasteiger partial charge in [-0.1, -0.05) is 0 Å².